The number of nitrogens with zero attached hydrogens (tertiary/aromatic N) is 2. The fourth-order valence-corrected chi connectivity index (χ4v) is 4.76. The largest absolute Gasteiger partial charge is 0.483 e. The van der Waals surface area contributed by atoms with Crippen LogP contribution < -0.4 is 4.90 Å². The third kappa shape index (κ3) is 8.26. The third-order valence-corrected chi connectivity index (χ3v) is 6.22. The van der Waals surface area contributed by atoms with Gasteiger partial charge in [-0.3, -0.25) is 14.4 Å². The SMILES string of the molecule is CCCCCCCCCC(=O)N1c2ccc(C)cc2[C@H]2CN(C)CC[C@H]21.O=CO.O=CO. The summed E-state index contributed by atoms with van der Waals surface area (Å²) in [7, 11) is 2.20. The van der Waals surface area contributed by atoms with E-state index in [0.29, 0.717) is 24.3 Å². The van der Waals surface area contributed by atoms with E-state index in [-0.39, 0.29) is 12.9 Å². The van der Waals surface area contributed by atoms with Crippen LogP contribution in [0.1, 0.15) is 81.8 Å². The van der Waals surface area contributed by atoms with Gasteiger partial charge in [0.2, 0.25) is 5.91 Å². The molecule has 7 heteroatoms. The van der Waals surface area contributed by atoms with Gasteiger partial charge >= 0.3 is 0 Å². The Balaban J connectivity index is 0.000000769. The van der Waals surface area contributed by atoms with Gasteiger partial charge in [0.25, 0.3) is 12.9 Å². The first-order valence-corrected chi connectivity index (χ1v) is 11.7. The van der Waals surface area contributed by atoms with Gasteiger partial charge in [0, 0.05) is 30.6 Å². The molecule has 2 atom stereocenters. The van der Waals surface area contributed by atoms with Crippen molar-refractivity contribution < 1.29 is 24.6 Å². The monoisotopic (exact) mass is 448 g/mol. The minimum Gasteiger partial charge on any atom is -0.483 e. The molecule has 0 bridgehead atoms. The number of fused-ring (bicyclic) bond motifs is 3. The molecule has 1 amide bonds. The van der Waals surface area contributed by atoms with E-state index in [1.54, 1.807) is 0 Å². The lowest BCUT2D eigenvalue weighted by molar-refractivity contribution is -0.123. The number of piperidine rings is 1. The van der Waals surface area contributed by atoms with Crippen LogP contribution in [0.5, 0.6) is 0 Å². The van der Waals surface area contributed by atoms with Crippen LogP contribution in [-0.2, 0) is 14.4 Å². The second-order valence-electron chi connectivity index (χ2n) is 8.63. The summed E-state index contributed by atoms with van der Waals surface area (Å²) in [6, 6.07) is 7.03. The number of carbonyl (C=O) groups excluding carboxylic acids is 1. The van der Waals surface area contributed by atoms with E-state index in [2.05, 4.69) is 48.9 Å². The molecule has 1 aromatic carbocycles. The van der Waals surface area contributed by atoms with Crippen molar-refractivity contribution in [3.8, 4) is 0 Å². The second-order valence-corrected chi connectivity index (χ2v) is 8.63. The fourth-order valence-electron chi connectivity index (χ4n) is 4.76. The molecule has 0 aliphatic carbocycles. The number of hydrogen-bond donors (Lipinski definition) is 2. The first kappa shape index (κ1) is 27.6. The van der Waals surface area contributed by atoms with E-state index in [9.17, 15) is 4.79 Å². The van der Waals surface area contributed by atoms with Crippen LogP contribution in [-0.4, -0.2) is 60.1 Å². The molecule has 32 heavy (non-hydrogen) atoms. The number of carbonyl (C=O) groups is 3. The van der Waals surface area contributed by atoms with Crippen LogP contribution in [0.2, 0.25) is 0 Å². The Morgan fingerprint density at radius 2 is 1.66 bits per heavy atom. The molecule has 1 fully saturated rings. The maximum absolute atomic E-state index is 13.1. The smallest absolute Gasteiger partial charge is 0.290 e. The summed E-state index contributed by atoms with van der Waals surface area (Å²) in [5, 5.41) is 13.8. The average Bonchev–Trinajstić information content (AvgIpc) is 3.07. The van der Waals surface area contributed by atoms with Crippen LogP contribution in [0.3, 0.4) is 0 Å². The van der Waals surface area contributed by atoms with E-state index in [0.717, 1.165) is 25.9 Å². The van der Waals surface area contributed by atoms with Crippen molar-refractivity contribution in [1.29, 1.82) is 0 Å². The van der Waals surface area contributed by atoms with Gasteiger partial charge in [0.1, 0.15) is 0 Å². The third-order valence-electron chi connectivity index (χ3n) is 6.22. The van der Waals surface area contributed by atoms with E-state index in [4.69, 9.17) is 19.8 Å². The summed E-state index contributed by atoms with van der Waals surface area (Å²) >= 11 is 0. The lowest BCUT2D eigenvalue weighted by Crippen LogP contribution is -2.47. The number of hydrogen-bond acceptors (Lipinski definition) is 4. The molecule has 7 nitrogen and oxygen atoms in total. The lowest BCUT2D eigenvalue weighted by Gasteiger charge is -2.36. The minimum atomic E-state index is -0.250. The van der Waals surface area contributed by atoms with Crippen molar-refractivity contribution in [3.63, 3.8) is 0 Å². The minimum absolute atomic E-state index is 0.250. The highest BCUT2D eigenvalue weighted by Gasteiger charge is 2.43. The van der Waals surface area contributed by atoms with E-state index in [1.807, 2.05) is 0 Å². The van der Waals surface area contributed by atoms with Crippen LogP contribution in [0, 0.1) is 6.92 Å². The number of rotatable bonds is 8. The van der Waals surface area contributed by atoms with Crippen LogP contribution in [0.4, 0.5) is 5.69 Å². The predicted octanol–water partition coefficient (Wildman–Crippen LogP) is 4.67. The van der Waals surface area contributed by atoms with Gasteiger partial charge < -0.3 is 20.0 Å². The fraction of sp³-hybridized carbons (Fsp3) is 0.640. The Morgan fingerprint density at radius 3 is 2.28 bits per heavy atom. The Kier molecular flexibility index (Phi) is 13.3. The summed E-state index contributed by atoms with van der Waals surface area (Å²) in [5.41, 5.74) is 3.89. The zero-order valence-electron chi connectivity index (χ0n) is 19.8. The molecule has 2 aliphatic heterocycles. The van der Waals surface area contributed by atoms with Gasteiger partial charge in [0.05, 0.1) is 0 Å². The molecule has 0 saturated carbocycles. The maximum Gasteiger partial charge on any atom is 0.290 e. The Morgan fingerprint density at radius 1 is 1.06 bits per heavy atom. The average molecular weight is 449 g/mol. The Hall–Kier alpha value is -2.41. The Labute approximate surface area is 192 Å². The van der Waals surface area contributed by atoms with E-state index < -0.39 is 0 Å². The molecular weight excluding hydrogens is 408 g/mol. The Bertz CT molecular complexity index is 704. The molecular formula is C25H40N2O5. The van der Waals surface area contributed by atoms with Crippen LogP contribution in [0.25, 0.3) is 0 Å². The number of benzene rings is 1. The number of likely N-dealkylation sites (N-methyl/N-ethyl adjacent to an activating group) is 1. The number of anilines is 1. The maximum atomic E-state index is 13.1. The molecule has 0 radical (unpaired) electrons. The topological polar surface area (TPSA) is 98.2 Å². The molecule has 0 spiro atoms. The summed E-state index contributed by atoms with van der Waals surface area (Å²) in [5.74, 6) is 0.836. The number of carboxylic acid groups (broad SMARTS) is 2. The molecule has 0 aromatic heterocycles. The molecule has 2 aliphatic rings. The van der Waals surface area contributed by atoms with E-state index >= 15 is 0 Å². The molecule has 180 valence electrons. The van der Waals surface area contributed by atoms with Gasteiger partial charge in [-0.1, -0.05) is 63.1 Å². The highest BCUT2D eigenvalue weighted by molar-refractivity contribution is 5.96. The van der Waals surface area contributed by atoms with Crippen molar-refractivity contribution in [2.45, 2.75) is 83.6 Å². The molecule has 1 aromatic rings. The van der Waals surface area contributed by atoms with Crippen LogP contribution in [0.15, 0.2) is 18.2 Å². The number of aryl methyl sites for hydroxylation is 1. The summed E-state index contributed by atoms with van der Waals surface area (Å²) in [6.45, 7) is 6.08. The van der Waals surface area contributed by atoms with Gasteiger partial charge in [0.15, 0.2) is 0 Å². The van der Waals surface area contributed by atoms with Gasteiger partial charge in [-0.2, -0.15) is 0 Å². The number of amides is 1. The van der Waals surface area contributed by atoms with Crippen molar-refractivity contribution >= 4 is 24.5 Å². The zero-order chi connectivity index (χ0) is 23.9. The molecule has 1 saturated heterocycles. The normalized spacial score (nSPS) is 18.9. The molecule has 3 rings (SSSR count). The van der Waals surface area contributed by atoms with E-state index in [1.165, 1.54) is 55.3 Å². The molecule has 2 heterocycles. The number of unbranched alkanes of at least 4 members (excludes halogenated alkanes) is 6. The van der Waals surface area contributed by atoms with Crippen molar-refractivity contribution in [2.24, 2.45) is 0 Å². The quantitative estimate of drug-likeness (QED) is 0.443. The molecule has 2 N–H and O–H groups in total. The van der Waals surface area contributed by atoms with Gasteiger partial charge in [-0.25, -0.2) is 0 Å². The van der Waals surface area contributed by atoms with Crippen LogP contribution >= 0.6 is 0 Å². The predicted molar refractivity (Wildman–Crippen MR) is 127 cm³/mol. The first-order chi connectivity index (χ1) is 15.4. The van der Waals surface area contributed by atoms with Gasteiger partial charge in [-0.15, -0.1) is 0 Å². The zero-order valence-corrected chi connectivity index (χ0v) is 19.8. The highest BCUT2D eigenvalue weighted by atomic mass is 16.3. The summed E-state index contributed by atoms with van der Waals surface area (Å²) < 4.78 is 0. The summed E-state index contributed by atoms with van der Waals surface area (Å²) in [4.78, 5) is 34.4. The lowest BCUT2D eigenvalue weighted by atomic mass is 9.89. The van der Waals surface area contributed by atoms with Crippen molar-refractivity contribution in [1.82, 2.24) is 4.90 Å². The standard InChI is InChI=1S/C23H36N2O.2CH2O2/c1-4-5-6-7-8-9-10-11-23(26)25-21-13-12-18(2)16-19(21)20-17-24(3)15-14-22(20)25;2*2-1-3/h12-13,16,20,22H,4-11,14-15,17H2,1-3H3;2*1H,(H,2,3)/t20-,22-;;/m1../s1. The molecule has 0 unspecified atom stereocenters. The number of likely N-dealkylation sites (tertiary alicyclic amines) is 1. The summed E-state index contributed by atoms with van der Waals surface area (Å²) in [6.07, 6.45) is 10.6. The first-order valence-electron chi connectivity index (χ1n) is 11.7. The highest BCUT2D eigenvalue weighted by Crippen LogP contribution is 2.45. The van der Waals surface area contributed by atoms with Crippen molar-refractivity contribution in [2.75, 3.05) is 25.0 Å². The van der Waals surface area contributed by atoms with Gasteiger partial charge in [-0.05, 0) is 45.0 Å². The second kappa shape index (κ2) is 15.4. The van der Waals surface area contributed by atoms with Crippen molar-refractivity contribution in [3.05, 3.63) is 29.3 Å².